The lowest BCUT2D eigenvalue weighted by atomic mass is 10.3. The highest BCUT2D eigenvalue weighted by Crippen LogP contribution is 2.06. The molecule has 16 heavy (non-hydrogen) atoms. The second-order valence-corrected chi connectivity index (χ2v) is 5.37. The van der Waals surface area contributed by atoms with Crippen LogP contribution in [-0.4, -0.2) is 39.0 Å². The lowest BCUT2D eigenvalue weighted by Crippen LogP contribution is -2.14. The summed E-state index contributed by atoms with van der Waals surface area (Å²) in [6.45, 7) is 3.12. The number of hydrogen-bond donors (Lipinski definition) is 2. The smallest absolute Gasteiger partial charge is 0.315 e. The highest BCUT2D eigenvalue weighted by atomic mass is 32.2. The average molecular weight is 246 g/mol. The van der Waals surface area contributed by atoms with Gasteiger partial charge in [-0.1, -0.05) is 12.0 Å². The molecular weight excluding hydrogens is 228 g/mol. The van der Waals surface area contributed by atoms with Gasteiger partial charge in [-0.25, -0.2) is 0 Å². The van der Waals surface area contributed by atoms with Gasteiger partial charge in [-0.05, 0) is 6.42 Å². The molecule has 6 nitrogen and oxygen atoms in total. The molecule has 1 rings (SSSR count). The van der Waals surface area contributed by atoms with Crippen molar-refractivity contribution in [3.63, 3.8) is 0 Å². The zero-order valence-corrected chi connectivity index (χ0v) is 10.4. The standard InChI is InChI=1S/C9H18N4O2S/c1-7(16(2)14)4-6-11-9-13-12-8(15-9)3-5-10/h7H,3-6,10H2,1-2H3,(H,11,13). The first-order valence-corrected chi connectivity index (χ1v) is 6.84. The summed E-state index contributed by atoms with van der Waals surface area (Å²) < 4.78 is 16.4. The zero-order valence-electron chi connectivity index (χ0n) is 9.60. The molecule has 1 aromatic heterocycles. The number of nitrogens with zero attached hydrogens (tertiary/aromatic N) is 2. The van der Waals surface area contributed by atoms with E-state index in [1.807, 2.05) is 6.92 Å². The fourth-order valence-corrected chi connectivity index (χ4v) is 1.55. The predicted molar refractivity (Wildman–Crippen MR) is 63.7 cm³/mol. The molecule has 0 fully saturated rings. The van der Waals surface area contributed by atoms with Crippen LogP contribution in [0.2, 0.25) is 0 Å². The van der Waals surface area contributed by atoms with Crippen LogP contribution in [0.25, 0.3) is 0 Å². The molecular formula is C9H18N4O2S. The van der Waals surface area contributed by atoms with Crippen LogP contribution in [0.15, 0.2) is 4.42 Å². The van der Waals surface area contributed by atoms with Crippen molar-refractivity contribution in [2.24, 2.45) is 5.73 Å². The Balaban J connectivity index is 2.29. The molecule has 3 N–H and O–H groups in total. The third-order valence-electron chi connectivity index (χ3n) is 2.22. The Hall–Kier alpha value is -0.950. The molecule has 0 aromatic carbocycles. The van der Waals surface area contributed by atoms with E-state index < -0.39 is 10.8 Å². The van der Waals surface area contributed by atoms with Gasteiger partial charge in [-0.3, -0.25) is 4.21 Å². The minimum Gasteiger partial charge on any atom is -0.408 e. The van der Waals surface area contributed by atoms with Crippen LogP contribution in [0.1, 0.15) is 19.2 Å². The van der Waals surface area contributed by atoms with Gasteiger partial charge < -0.3 is 15.5 Å². The maximum Gasteiger partial charge on any atom is 0.315 e. The maximum atomic E-state index is 11.1. The summed E-state index contributed by atoms with van der Waals surface area (Å²) in [5.41, 5.74) is 5.36. The van der Waals surface area contributed by atoms with E-state index in [4.69, 9.17) is 10.2 Å². The van der Waals surface area contributed by atoms with Crippen molar-refractivity contribution in [1.29, 1.82) is 0 Å². The van der Waals surface area contributed by atoms with E-state index in [0.717, 1.165) is 6.42 Å². The molecule has 0 spiro atoms. The van der Waals surface area contributed by atoms with Crippen LogP contribution in [0, 0.1) is 0 Å². The Labute approximate surface area is 97.5 Å². The Kier molecular flexibility index (Phi) is 5.41. The van der Waals surface area contributed by atoms with E-state index in [1.54, 1.807) is 6.26 Å². The number of aromatic nitrogens is 2. The van der Waals surface area contributed by atoms with Crippen molar-refractivity contribution in [2.45, 2.75) is 25.0 Å². The van der Waals surface area contributed by atoms with E-state index >= 15 is 0 Å². The number of hydrogen-bond acceptors (Lipinski definition) is 6. The van der Waals surface area contributed by atoms with Crippen LogP contribution >= 0.6 is 0 Å². The third-order valence-corrected chi connectivity index (χ3v) is 3.59. The van der Waals surface area contributed by atoms with Crippen molar-refractivity contribution in [3.05, 3.63) is 5.89 Å². The summed E-state index contributed by atoms with van der Waals surface area (Å²) in [6.07, 6.45) is 3.10. The monoisotopic (exact) mass is 246 g/mol. The number of anilines is 1. The van der Waals surface area contributed by atoms with Gasteiger partial charge in [0.1, 0.15) is 0 Å². The predicted octanol–water partition coefficient (Wildman–Crippen LogP) is 0.140. The molecule has 0 saturated heterocycles. The third kappa shape index (κ3) is 4.28. The topological polar surface area (TPSA) is 94.0 Å². The van der Waals surface area contributed by atoms with Gasteiger partial charge in [0.25, 0.3) is 0 Å². The largest absolute Gasteiger partial charge is 0.408 e. The van der Waals surface area contributed by atoms with Crippen LogP contribution in [-0.2, 0) is 17.2 Å². The second kappa shape index (κ2) is 6.59. The van der Waals surface area contributed by atoms with Crippen LogP contribution in [0.5, 0.6) is 0 Å². The molecule has 0 aliphatic rings. The summed E-state index contributed by atoms with van der Waals surface area (Å²) >= 11 is 0. The van der Waals surface area contributed by atoms with Crippen LogP contribution in [0.3, 0.4) is 0 Å². The minimum absolute atomic E-state index is 0.166. The van der Waals surface area contributed by atoms with Crippen molar-refractivity contribution in [1.82, 2.24) is 10.2 Å². The lowest BCUT2D eigenvalue weighted by Gasteiger charge is -2.07. The number of nitrogens with one attached hydrogen (secondary N) is 1. The van der Waals surface area contributed by atoms with Crippen molar-refractivity contribution >= 4 is 16.8 Å². The molecule has 2 unspecified atom stereocenters. The number of nitrogens with two attached hydrogens (primary N) is 1. The molecule has 0 radical (unpaired) electrons. The van der Waals surface area contributed by atoms with Crippen LogP contribution in [0.4, 0.5) is 6.01 Å². The molecule has 2 atom stereocenters. The Bertz CT molecular complexity index is 342. The van der Waals surface area contributed by atoms with Gasteiger partial charge in [0.15, 0.2) is 0 Å². The van der Waals surface area contributed by atoms with Crippen molar-refractivity contribution < 1.29 is 8.63 Å². The lowest BCUT2D eigenvalue weighted by molar-refractivity contribution is 0.505. The Morgan fingerprint density at radius 1 is 1.56 bits per heavy atom. The van der Waals surface area contributed by atoms with Gasteiger partial charge in [-0.2, -0.15) is 0 Å². The molecule has 0 aliphatic carbocycles. The minimum atomic E-state index is -0.789. The highest BCUT2D eigenvalue weighted by Gasteiger charge is 2.07. The van der Waals surface area contributed by atoms with Gasteiger partial charge >= 0.3 is 6.01 Å². The van der Waals surface area contributed by atoms with Gasteiger partial charge in [-0.15, -0.1) is 5.10 Å². The molecule has 0 saturated carbocycles. The number of rotatable bonds is 7. The first kappa shape index (κ1) is 13.1. The fraction of sp³-hybridized carbons (Fsp3) is 0.778. The van der Waals surface area contributed by atoms with Gasteiger partial charge in [0.05, 0.1) is 0 Å². The summed E-state index contributed by atoms with van der Waals surface area (Å²) in [6, 6.07) is 0.400. The summed E-state index contributed by atoms with van der Waals surface area (Å²) in [7, 11) is -0.789. The van der Waals surface area contributed by atoms with Crippen LogP contribution < -0.4 is 11.1 Å². The Morgan fingerprint density at radius 3 is 2.94 bits per heavy atom. The molecule has 92 valence electrons. The normalized spacial score (nSPS) is 14.7. The molecule has 0 amide bonds. The van der Waals surface area contributed by atoms with Gasteiger partial charge in [0.2, 0.25) is 5.89 Å². The van der Waals surface area contributed by atoms with E-state index in [0.29, 0.717) is 31.4 Å². The molecule has 1 aromatic rings. The van der Waals surface area contributed by atoms with Crippen molar-refractivity contribution in [3.8, 4) is 0 Å². The quantitative estimate of drug-likeness (QED) is 0.710. The first-order chi connectivity index (χ1) is 7.63. The molecule has 0 aliphatic heterocycles. The summed E-state index contributed by atoms with van der Waals surface area (Å²) in [5, 5.41) is 10.8. The molecule has 1 heterocycles. The van der Waals surface area contributed by atoms with Gasteiger partial charge in [0, 0.05) is 41.8 Å². The van der Waals surface area contributed by atoms with Crippen molar-refractivity contribution in [2.75, 3.05) is 24.7 Å². The van der Waals surface area contributed by atoms with E-state index in [1.165, 1.54) is 0 Å². The van der Waals surface area contributed by atoms with E-state index in [-0.39, 0.29) is 5.25 Å². The molecule has 7 heteroatoms. The summed E-state index contributed by atoms with van der Waals surface area (Å²) in [5.74, 6) is 0.539. The average Bonchev–Trinajstić information content (AvgIpc) is 2.66. The van der Waals surface area contributed by atoms with E-state index in [9.17, 15) is 4.21 Å². The first-order valence-electron chi connectivity index (χ1n) is 5.22. The second-order valence-electron chi connectivity index (χ2n) is 3.56. The fourth-order valence-electron chi connectivity index (χ4n) is 1.10. The van der Waals surface area contributed by atoms with E-state index in [2.05, 4.69) is 15.5 Å². The Morgan fingerprint density at radius 2 is 2.31 bits per heavy atom. The zero-order chi connectivity index (χ0) is 12.0. The highest BCUT2D eigenvalue weighted by molar-refractivity contribution is 7.84. The SMILES string of the molecule is CC(CCNc1nnc(CCN)o1)S(C)=O. The maximum absolute atomic E-state index is 11.1. The summed E-state index contributed by atoms with van der Waals surface area (Å²) in [4.78, 5) is 0. The molecule has 0 bridgehead atoms.